The molecule has 2 aliphatic heterocycles. The highest BCUT2D eigenvalue weighted by molar-refractivity contribution is 7.91. The quantitative estimate of drug-likeness (QED) is 0.590. The molecule has 5 rings (SSSR count). The number of sulfone groups is 1. The fourth-order valence-electron chi connectivity index (χ4n) is 6.22. The number of nitrogens with zero attached hydrogens (tertiary/aromatic N) is 3. The van der Waals surface area contributed by atoms with Crippen molar-refractivity contribution in [3.63, 3.8) is 0 Å². The monoisotopic (exact) mass is 495 g/mol. The van der Waals surface area contributed by atoms with Crippen LogP contribution in [0, 0.1) is 0 Å². The van der Waals surface area contributed by atoms with Gasteiger partial charge in [-0.25, -0.2) is 8.42 Å². The molecule has 6 nitrogen and oxygen atoms in total. The smallest absolute Gasteiger partial charge is 0.237 e. The summed E-state index contributed by atoms with van der Waals surface area (Å²) < 4.78 is 24.3. The van der Waals surface area contributed by atoms with Crippen LogP contribution in [0.5, 0.6) is 0 Å². The summed E-state index contributed by atoms with van der Waals surface area (Å²) in [7, 11) is -3.02. The Balaban J connectivity index is 1.25. The third-order valence-corrected chi connectivity index (χ3v) is 9.72. The number of rotatable bonds is 7. The van der Waals surface area contributed by atoms with Gasteiger partial charge in [-0.1, -0.05) is 73.5 Å². The Kier molecular flexibility index (Phi) is 7.56. The molecule has 1 aliphatic carbocycles. The predicted octanol–water partition coefficient (Wildman–Crippen LogP) is 3.35. The van der Waals surface area contributed by atoms with Gasteiger partial charge in [0.05, 0.1) is 24.1 Å². The van der Waals surface area contributed by atoms with Gasteiger partial charge in [-0.05, 0) is 30.4 Å². The molecule has 1 amide bonds. The van der Waals surface area contributed by atoms with Crippen LogP contribution in [-0.4, -0.2) is 85.3 Å². The van der Waals surface area contributed by atoms with Gasteiger partial charge in [-0.15, -0.1) is 0 Å². The average Bonchev–Trinajstić information content (AvgIpc) is 3.52. The van der Waals surface area contributed by atoms with E-state index >= 15 is 0 Å². The Morgan fingerprint density at radius 2 is 1.40 bits per heavy atom. The number of piperazine rings is 1. The largest absolute Gasteiger partial charge is 0.335 e. The summed E-state index contributed by atoms with van der Waals surface area (Å²) in [4.78, 5) is 20.3. The van der Waals surface area contributed by atoms with Gasteiger partial charge in [0.25, 0.3) is 0 Å². The van der Waals surface area contributed by atoms with E-state index in [2.05, 4.69) is 70.5 Å². The van der Waals surface area contributed by atoms with Crippen LogP contribution in [0.1, 0.15) is 49.3 Å². The average molecular weight is 496 g/mol. The summed E-state index contributed by atoms with van der Waals surface area (Å²) in [6, 6.07) is 21.6. The minimum atomic E-state index is -3.02. The van der Waals surface area contributed by atoms with E-state index < -0.39 is 9.84 Å². The lowest BCUT2D eigenvalue weighted by atomic mass is 9.96. The third kappa shape index (κ3) is 5.79. The summed E-state index contributed by atoms with van der Waals surface area (Å²) in [6.45, 7) is 3.85. The highest BCUT2D eigenvalue weighted by atomic mass is 32.2. The Hall–Kier alpha value is -2.22. The zero-order valence-corrected chi connectivity index (χ0v) is 21.3. The second-order valence-corrected chi connectivity index (χ2v) is 12.6. The van der Waals surface area contributed by atoms with Gasteiger partial charge in [0.1, 0.15) is 0 Å². The van der Waals surface area contributed by atoms with Crippen LogP contribution < -0.4 is 0 Å². The molecule has 1 saturated carbocycles. The third-order valence-electron chi connectivity index (χ3n) is 7.97. The van der Waals surface area contributed by atoms with Crippen LogP contribution in [0.2, 0.25) is 0 Å². The van der Waals surface area contributed by atoms with E-state index in [0.29, 0.717) is 13.0 Å². The topological polar surface area (TPSA) is 60.9 Å². The fourth-order valence-corrected chi connectivity index (χ4v) is 7.93. The molecule has 35 heavy (non-hydrogen) atoms. The van der Waals surface area contributed by atoms with Crippen LogP contribution >= 0.6 is 0 Å². The van der Waals surface area contributed by atoms with Gasteiger partial charge in [-0.2, -0.15) is 0 Å². The first kappa shape index (κ1) is 24.5. The van der Waals surface area contributed by atoms with Crippen LogP contribution in [0.15, 0.2) is 60.7 Å². The Morgan fingerprint density at radius 1 is 0.829 bits per heavy atom. The predicted molar refractivity (Wildman–Crippen MR) is 139 cm³/mol. The van der Waals surface area contributed by atoms with E-state index in [1.165, 1.54) is 11.1 Å². The number of carbonyl (C=O) groups is 1. The van der Waals surface area contributed by atoms with Gasteiger partial charge < -0.3 is 4.90 Å². The maximum Gasteiger partial charge on any atom is 0.237 e. The van der Waals surface area contributed by atoms with Crippen molar-refractivity contribution in [3.05, 3.63) is 71.8 Å². The molecule has 3 fully saturated rings. The van der Waals surface area contributed by atoms with Crippen molar-refractivity contribution in [1.82, 2.24) is 14.7 Å². The van der Waals surface area contributed by atoms with E-state index in [4.69, 9.17) is 0 Å². The van der Waals surface area contributed by atoms with Crippen molar-refractivity contribution in [2.24, 2.45) is 0 Å². The summed E-state index contributed by atoms with van der Waals surface area (Å²) in [5, 5.41) is 0. The van der Waals surface area contributed by atoms with Crippen LogP contribution in [-0.2, 0) is 14.6 Å². The number of hydrogen-bond donors (Lipinski definition) is 0. The summed E-state index contributed by atoms with van der Waals surface area (Å²) in [5.41, 5.74) is 2.58. The molecule has 2 aromatic rings. The lowest BCUT2D eigenvalue weighted by Gasteiger charge is -2.41. The summed E-state index contributed by atoms with van der Waals surface area (Å²) in [5.74, 6) is 0.474. The highest BCUT2D eigenvalue weighted by Gasteiger charge is 2.39. The number of amides is 1. The van der Waals surface area contributed by atoms with Crippen LogP contribution in [0.4, 0.5) is 0 Å². The normalized spacial score (nSPS) is 23.6. The van der Waals surface area contributed by atoms with Crippen molar-refractivity contribution >= 4 is 15.7 Å². The fraction of sp³-hybridized carbons (Fsp3) is 0.536. The molecule has 188 valence electrons. The molecule has 0 radical (unpaired) electrons. The molecule has 0 spiro atoms. The Morgan fingerprint density at radius 3 is 1.91 bits per heavy atom. The second kappa shape index (κ2) is 10.8. The molecule has 1 atom stereocenters. The van der Waals surface area contributed by atoms with Gasteiger partial charge in [-0.3, -0.25) is 14.6 Å². The van der Waals surface area contributed by atoms with Crippen molar-refractivity contribution in [3.8, 4) is 0 Å². The molecule has 7 heteroatoms. The maximum absolute atomic E-state index is 13.5. The SMILES string of the molecule is O=C(CN1CCN(C(c2ccccc2)c2ccccc2)CC1)N(C1CCCC1)[C@H]1CCS(=O)(=O)C1. The van der Waals surface area contributed by atoms with Crippen LogP contribution in [0.25, 0.3) is 0 Å². The van der Waals surface area contributed by atoms with Crippen LogP contribution in [0.3, 0.4) is 0 Å². The Labute approximate surface area is 209 Å². The number of hydrogen-bond acceptors (Lipinski definition) is 5. The van der Waals surface area contributed by atoms with Gasteiger partial charge in [0.15, 0.2) is 9.84 Å². The van der Waals surface area contributed by atoms with E-state index in [1.807, 2.05) is 4.90 Å². The molecule has 0 bridgehead atoms. The molecule has 2 saturated heterocycles. The molecule has 0 aromatic heterocycles. The zero-order valence-electron chi connectivity index (χ0n) is 20.5. The van der Waals surface area contributed by atoms with Crippen molar-refractivity contribution < 1.29 is 13.2 Å². The lowest BCUT2D eigenvalue weighted by molar-refractivity contribution is -0.137. The first-order valence-electron chi connectivity index (χ1n) is 13.1. The number of carbonyl (C=O) groups excluding carboxylic acids is 1. The van der Waals surface area contributed by atoms with Gasteiger partial charge in [0, 0.05) is 38.3 Å². The molecule has 2 heterocycles. The zero-order chi connectivity index (χ0) is 24.3. The van der Waals surface area contributed by atoms with E-state index in [9.17, 15) is 13.2 Å². The maximum atomic E-state index is 13.5. The van der Waals surface area contributed by atoms with E-state index in [0.717, 1.165) is 51.9 Å². The summed E-state index contributed by atoms with van der Waals surface area (Å²) >= 11 is 0. The van der Waals surface area contributed by atoms with Gasteiger partial charge >= 0.3 is 0 Å². The minimum Gasteiger partial charge on any atom is -0.335 e. The van der Waals surface area contributed by atoms with Crippen molar-refractivity contribution in [2.75, 3.05) is 44.2 Å². The van der Waals surface area contributed by atoms with Gasteiger partial charge in [0.2, 0.25) is 5.91 Å². The molecule has 3 aliphatic rings. The molecular formula is C28H37N3O3S. The molecule has 0 N–H and O–H groups in total. The highest BCUT2D eigenvalue weighted by Crippen LogP contribution is 2.31. The van der Waals surface area contributed by atoms with Crippen molar-refractivity contribution in [1.29, 1.82) is 0 Å². The van der Waals surface area contributed by atoms with E-state index in [-0.39, 0.29) is 35.5 Å². The first-order chi connectivity index (χ1) is 17.0. The second-order valence-electron chi connectivity index (χ2n) is 10.3. The van der Waals surface area contributed by atoms with Crippen molar-refractivity contribution in [2.45, 2.75) is 50.2 Å². The number of benzene rings is 2. The minimum absolute atomic E-state index is 0.120. The first-order valence-corrected chi connectivity index (χ1v) is 14.9. The Bertz CT molecular complexity index is 1040. The lowest BCUT2D eigenvalue weighted by Crippen LogP contribution is -2.54. The van der Waals surface area contributed by atoms with E-state index in [1.54, 1.807) is 0 Å². The molecule has 2 aromatic carbocycles. The molecular weight excluding hydrogens is 458 g/mol. The standard InChI is InChI=1S/C28H37N3O3S/c32-27(31(25-13-7-8-14-25)26-15-20-35(33,34)22-26)21-29-16-18-30(19-17-29)28(23-9-3-1-4-10-23)24-11-5-2-6-12-24/h1-6,9-12,25-26,28H,7-8,13-22H2/t26-/m0/s1. The molecule has 0 unspecified atom stereocenters. The summed E-state index contributed by atoms with van der Waals surface area (Å²) in [6.07, 6.45) is 4.87.